The Morgan fingerprint density at radius 3 is 2.85 bits per heavy atom. The summed E-state index contributed by atoms with van der Waals surface area (Å²) in [5.74, 6) is 1.12. The van der Waals surface area contributed by atoms with Gasteiger partial charge in [-0.2, -0.15) is 15.2 Å². The first-order chi connectivity index (χ1) is 19.5. The van der Waals surface area contributed by atoms with Crippen LogP contribution in [-0.4, -0.2) is 82.6 Å². The van der Waals surface area contributed by atoms with Crippen LogP contribution in [0.3, 0.4) is 0 Å². The minimum Gasteiger partial charge on any atom is -0.462 e. The topological polar surface area (TPSA) is 98.5 Å². The van der Waals surface area contributed by atoms with Crippen LogP contribution >= 0.6 is 0 Å². The molecule has 40 heavy (non-hydrogen) atoms. The maximum atomic E-state index is 12.5. The smallest absolute Gasteiger partial charge is 0.318 e. The zero-order valence-corrected chi connectivity index (χ0v) is 23.9. The second-order valence-electron chi connectivity index (χ2n) is 11.3. The molecule has 4 heterocycles. The number of anilines is 1. The fourth-order valence-corrected chi connectivity index (χ4v) is 6.63. The molecule has 0 N–H and O–H groups in total. The van der Waals surface area contributed by atoms with Crippen LogP contribution in [-0.2, 0) is 24.1 Å². The first kappa shape index (κ1) is 28.0. The largest absolute Gasteiger partial charge is 0.462 e. The van der Waals surface area contributed by atoms with Crippen molar-refractivity contribution in [1.82, 2.24) is 24.8 Å². The molecule has 3 atom stereocenters. The molecule has 0 saturated carbocycles. The highest BCUT2D eigenvalue weighted by Crippen LogP contribution is 2.36. The zero-order valence-electron chi connectivity index (χ0n) is 23.9. The second-order valence-corrected chi connectivity index (χ2v) is 11.3. The average Bonchev–Trinajstić information content (AvgIpc) is 3.40. The number of rotatable bonds is 9. The number of pyridine rings is 1. The second kappa shape index (κ2) is 12.8. The summed E-state index contributed by atoms with van der Waals surface area (Å²) in [6.07, 6.45) is 12.8. The number of hydrogen-bond acceptors (Lipinski definition) is 8. The predicted octanol–water partition coefficient (Wildman–Crippen LogP) is 3.69. The van der Waals surface area contributed by atoms with Gasteiger partial charge in [-0.15, -0.1) is 0 Å². The van der Waals surface area contributed by atoms with Crippen molar-refractivity contribution in [2.24, 2.45) is 0 Å². The van der Waals surface area contributed by atoms with E-state index < -0.39 is 0 Å². The van der Waals surface area contributed by atoms with Gasteiger partial charge in [-0.05, 0) is 87.7 Å². The number of nitriles is 1. The van der Waals surface area contributed by atoms with Gasteiger partial charge in [0.05, 0.1) is 24.2 Å². The minimum atomic E-state index is -0.221. The number of carbonyl (C=O) groups is 1. The van der Waals surface area contributed by atoms with E-state index in [-0.39, 0.29) is 18.4 Å². The molecule has 212 valence electrons. The summed E-state index contributed by atoms with van der Waals surface area (Å²) in [6.45, 7) is 9.16. The Hall–Kier alpha value is -3.51. The Balaban J connectivity index is 1.48. The lowest BCUT2D eigenvalue weighted by Crippen LogP contribution is -2.55. The van der Waals surface area contributed by atoms with E-state index in [9.17, 15) is 10.1 Å². The Morgan fingerprint density at radius 1 is 1.23 bits per heavy atom. The van der Waals surface area contributed by atoms with Gasteiger partial charge in [-0.25, -0.2) is 0 Å². The van der Waals surface area contributed by atoms with Crippen LogP contribution in [0.2, 0.25) is 0 Å². The molecule has 1 aliphatic carbocycles. The number of ether oxygens (including phenoxy) is 1. The van der Waals surface area contributed by atoms with E-state index in [1.54, 1.807) is 4.90 Å². The molecule has 0 unspecified atom stereocenters. The number of piperazine rings is 1. The van der Waals surface area contributed by atoms with Crippen LogP contribution in [0.5, 0.6) is 6.01 Å². The quantitative estimate of drug-likeness (QED) is 0.442. The number of aromatic nitrogens is 3. The summed E-state index contributed by atoms with van der Waals surface area (Å²) in [7, 11) is 2.15. The van der Waals surface area contributed by atoms with Crippen molar-refractivity contribution in [2.45, 2.75) is 76.3 Å². The zero-order chi connectivity index (χ0) is 28.1. The van der Waals surface area contributed by atoms with E-state index in [1.807, 2.05) is 12.4 Å². The Bertz CT molecular complexity index is 1260. The van der Waals surface area contributed by atoms with Gasteiger partial charge < -0.3 is 19.4 Å². The van der Waals surface area contributed by atoms with E-state index in [0.717, 1.165) is 62.1 Å². The number of amides is 1. The van der Waals surface area contributed by atoms with Crippen molar-refractivity contribution in [2.75, 3.05) is 44.7 Å². The van der Waals surface area contributed by atoms with E-state index in [4.69, 9.17) is 14.7 Å². The van der Waals surface area contributed by atoms with Crippen molar-refractivity contribution in [3.05, 3.63) is 53.5 Å². The van der Waals surface area contributed by atoms with E-state index >= 15 is 0 Å². The molecule has 1 amide bonds. The lowest BCUT2D eigenvalue weighted by atomic mass is 9.80. The van der Waals surface area contributed by atoms with Gasteiger partial charge in [-0.3, -0.25) is 9.78 Å². The molecule has 3 aliphatic rings. The highest BCUT2D eigenvalue weighted by Gasteiger charge is 2.33. The first-order valence-electron chi connectivity index (χ1n) is 14.7. The maximum Gasteiger partial charge on any atom is 0.318 e. The van der Waals surface area contributed by atoms with Gasteiger partial charge in [0.25, 0.3) is 0 Å². The van der Waals surface area contributed by atoms with Gasteiger partial charge in [0.15, 0.2) is 0 Å². The monoisotopic (exact) mass is 543 g/mol. The molecule has 0 bridgehead atoms. The number of likely N-dealkylation sites (tertiary alicyclic amines) is 1. The fraction of sp³-hybridized carbons (Fsp3) is 0.581. The third-order valence-electron chi connectivity index (χ3n) is 8.87. The van der Waals surface area contributed by atoms with Gasteiger partial charge in [0.1, 0.15) is 12.4 Å². The summed E-state index contributed by atoms with van der Waals surface area (Å²) < 4.78 is 6.31. The molecule has 5 rings (SSSR count). The highest BCUT2D eigenvalue weighted by molar-refractivity contribution is 5.87. The van der Waals surface area contributed by atoms with Crippen molar-refractivity contribution >= 4 is 11.7 Å². The molecule has 2 aromatic rings. The van der Waals surface area contributed by atoms with Crippen molar-refractivity contribution in [1.29, 1.82) is 5.26 Å². The van der Waals surface area contributed by atoms with Crippen molar-refractivity contribution in [3.63, 3.8) is 0 Å². The van der Waals surface area contributed by atoms with E-state index in [1.165, 1.54) is 23.6 Å². The first-order valence-corrected chi connectivity index (χ1v) is 14.7. The van der Waals surface area contributed by atoms with Gasteiger partial charge in [-0.1, -0.05) is 13.5 Å². The number of fused-ring (bicyclic) bond motifs is 1. The maximum absolute atomic E-state index is 12.5. The average molecular weight is 544 g/mol. The summed E-state index contributed by atoms with van der Waals surface area (Å²) >= 11 is 0. The lowest BCUT2D eigenvalue weighted by Gasteiger charge is -2.41. The number of aryl methyl sites for hydroxylation is 1. The number of carbonyl (C=O) groups excluding carboxylic acids is 1. The van der Waals surface area contributed by atoms with Crippen LogP contribution < -0.4 is 9.64 Å². The Kier molecular flexibility index (Phi) is 8.95. The highest BCUT2D eigenvalue weighted by atomic mass is 16.5. The molecule has 0 radical (unpaired) electrons. The molecule has 0 aromatic carbocycles. The summed E-state index contributed by atoms with van der Waals surface area (Å²) in [4.78, 5) is 33.2. The molecule has 0 spiro atoms. The van der Waals surface area contributed by atoms with Crippen molar-refractivity contribution < 1.29 is 9.53 Å². The molecular weight excluding hydrogens is 502 g/mol. The predicted molar refractivity (Wildman–Crippen MR) is 154 cm³/mol. The summed E-state index contributed by atoms with van der Waals surface area (Å²) in [5, 5.41) is 9.51. The van der Waals surface area contributed by atoms with Crippen molar-refractivity contribution in [3.8, 4) is 12.1 Å². The normalized spacial score (nSPS) is 23.0. The Labute approximate surface area is 237 Å². The Morgan fingerprint density at radius 2 is 2.10 bits per heavy atom. The molecule has 2 saturated heterocycles. The standard InChI is InChI=1S/C31H41N7O2/c1-4-26-28(18-22-8-6-9-23-19-33-14-12-27(22)23)34-31(40-21-25-10-7-15-36(25)3)35-30(26)37-16-17-38(29(39)5-2)24(20-37)11-13-32/h5,12,14,19,22,24-25H,2,4,6-11,15-18,20-21H2,1,3H3/t22-,24+,25+/m1/s1. The van der Waals surface area contributed by atoms with Gasteiger partial charge in [0.2, 0.25) is 5.91 Å². The summed E-state index contributed by atoms with van der Waals surface area (Å²) in [6, 6.07) is 5.01. The van der Waals surface area contributed by atoms with Gasteiger partial charge in [0, 0.05) is 43.6 Å². The van der Waals surface area contributed by atoms with Crippen LogP contribution in [0, 0.1) is 11.3 Å². The molecule has 9 heteroatoms. The van der Waals surface area contributed by atoms with Crippen LogP contribution in [0.25, 0.3) is 0 Å². The number of likely N-dealkylation sites (N-methyl/N-ethyl adjacent to an activating group) is 1. The van der Waals surface area contributed by atoms with Crippen LogP contribution in [0.1, 0.15) is 67.3 Å². The third-order valence-corrected chi connectivity index (χ3v) is 8.87. The fourth-order valence-electron chi connectivity index (χ4n) is 6.63. The number of nitrogens with zero attached hydrogens (tertiary/aromatic N) is 7. The van der Waals surface area contributed by atoms with Crippen LogP contribution in [0.15, 0.2) is 31.1 Å². The molecule has 9 nitrogen and oxygen atoms in total. The van der Waals surface area contributed by atoms with Gasteiger partial charge >= 0.3 is 6.01 Å². The lowest BCUT2D eigenvalue weighted by molar-refractivity contribution is -0.128. The summed E-state index contributed by atoms with van der Waals surface area (Å²) in [5.41, 5.74) is 4.89. The minimum absolute atomic E-state index is 0.130. The molecule has 2 aliphatic heterocycles. The van der Waals surface area contributed by atoms with Crippen LogP contribution in [0.4, 0.5) is 5.82 Å². The molecule has 2 aromatic heterocycles. The molecule has 2 fully saturated rings. The third kappa shape index (κ3) is 5.97. The van der Waals surface area contributed by atoms with E-state index in [2.05, 4.69) is 47.5 Å². The van der Waals surface area contributed by atoms with E-state index in [0.29, 0.717) is 44.2 Å². The molecular formula is C31H41N7O2. The number of hydrogen-bond donors (Lipinski definition) is 0. The SMILES string of the molecule is C=CC(=O)N1CCN(c2nc(OC[C@@H]3CCCN3C)nc(C[C@H]3CCCc4cnccc43)c2CC)C[C@@H]1CC#N.